The van der Waals surface area contributed by atoms with Crippen LogP contribution >= 0.6 is 0 Å². The summed E-state index contributed by atoms with van der Waals surface area (Å²) in [5.74, 6) is -3.15. The highest BCUT2D eigenvalue weighted by atomic mass is 16.5. The van der Waals surface area contributed by atoms with Crippen molar-refractivity contribution in [2.24, 2.45) is 0 Å². The molecule has 34 heavy (non-hydrogen) atoms. The first-order chi connectivity index (χ1) is 16.2. The molecule has 0 saturated carbocycles. The van der Waals surface area contributed by atoms with E-state index in [1.54, 1.807) is 12.1 Å². The van der Waals surface area contributed by atoms with Gasteiger partial charge in [0, 0.05) is 35.1 Å². The first-order valence-corrected chi connectivity index (χ1v) is 10.3. The summed E-state index contributed by atoms with van der Waals surface area (Å²) in [6, 6.07) is 9.34. The molecule has 9 nitrogen and oxygen atoms in total. The van der Waals surface area contributed by atoms with Crippen molar-refractivity contribution in [2.75, 3.05) is 13.7 Å². The van der Waals surface area contributed by atoms with E-state index < -0.39 is 41.1 Å². The summed E-state index contributed by atoms with van der Waals surface area (Å²) >= 11 is 0. The molecule has 4 aromatic rings. The minimum atomic E-state index is -0.880. The molecule has 3 aromatic carbocycles. The minimum absolute atomic E-state index is 0.0360. The van der Waals surface area contributed by atoms with Crippen molar-refractivity contribution < 1.29 is 39.8 Å². The highest BCUT2D eigenvalue weighted by molar-refractivity contribution is 5.89. The van der Waals surface area contributed by atoms with E-state index in [1.165, 1.54) is 31.4 Å². The molecule has 9 heteroatoms. The Bertz CT molecular complexity index is 1520. The van der Waals surface area contributed by atoms with Gasteiger partial charge in [-0.05, 0) is 35.4 Å². The predicted molar refractivity (Wildman–Crippen MR) is 121 cm³/mol. The minimum Gasteiger partial charge on any atom is -0.508 e. The van der Waals surface area contributed by atoms with E-state index in [1.807, 2.05) is 0 Å². The van der Waals surface area contributed by atoms with E-state index >= 15 is 0 Å². The zero-order valence-electron chi connectivity index (χ0n) is 17.8. The number of methoxy groups -OCH3 is 1. The van der Waals surface area contributed by atoms with Crippen LogP contribution < -0.4 is 10.2 Å². The van der Waals surface area contributed by atoms with Crippen molar-refractivity contribution in [3.63, 3.8) is 0 Å². The highest BCUT2D eigenvalue weighted by Gasteiger charge is 2.40. The number of aromatic hydroxyl groups is 5. The van der Waals surface area contributed by atoms with Gasteiger partial charge in [0.25, 0.3) is 0 Å². The molecule has 174 valence electrons. The number of aliphatic hydroxyl groups excluding tert-OH is 1. The number of aliphatic hydroxyl groups is 1. The zero-order valence-corrected chi connectivity index (χ0v) is 17.8. The topological polar surface area (TPSA) is 161 Å². The Morgan fingerprint density at radius 1 is 0.912 bits per heavy atom. The molecule has 5 rings (SSSR count). The lowest BCUT2D eigenvalue weighted by molar-refractivity contribution is 0.252. The molecule has 0 saturated heterocycles. The molecule has 0 spiro atoms. The number of benzene rings is 3. The lowest BCUT2D eigenvalue weighted by Gasteiger charge is -2.34. The molecule has 0 bridgehead atoms. The maximum atomic E-state index is 13.6. The van der Waals surface area contributed by atoms with Crippen LogP contribution in [0.1, 0.15) is 28.5 Å². The lowest BCUT2D eigenvalue weighted by Crippen LogP contribution is -2.28. The maximum Gasteiger partial charge on any atom is 0.200 e. The smallest absolute Gasteiger partial charge is 0.200 e. The highest BCUT2D eigenvalue weighted by Crippen LogP contribution is 2.52. The molecular formula is C25H20O9. The van der Waals surface area contributed by atoms with Gasteiger partial charge < -0.3 is 39.8 Å². The summed E-state index contributed by atoms with van der Waals surface area (Å²) in [6.45, 7) is -0.503. The Labute approximate surface area is 192 Å². The van der Waals surface area contributed by atoms with Crippen LogP contribution in [0.5, 0.6) is 34.5 Å². The fraction of sp³-hybridized carbons (Fsp3) is 0.160. The quantitative estimate of drug-likeness (QED) is 0.250. The Kier molecular flexibility index (Phi) is 4.80. The average molecular weight is 464 g/mol. The van der Waals surface area contributed by atoms with E-state index in [0.717, 1.165) is 6.07 Å². The number of fused-ring (bicyclic) bond motifs is 4. The van der Waals surface area contributed by atoms with E-state index in [4.69, 9.17) is 9.15 Å². The van der Waals surface area contributed by atoms with E-state index in [2.05, 4.69) is 0 Å². The summed E-state index contributed by atoms with van der Waals surface area (Å²) in [5, 5.41) is 61.0. The standard InChI is InChI=1S/C25H20O9/c1-33-19-4-10(2-3-15(19)28)21-12-7-16(29)17(30)8-13(12)25-22(14(21)9-26)24(32)23-18(31)5-11(27)6-20(23)34-25/h2-8,14,21,26-31H,9H2,1H3/t14-,21-/m1/s1. The van der Waals surface area contributed by atoms with Crippen molar-refractivity contribution in [3.8, 4) is 45.8 Å². The van der Waals surface area contributed by atoms with Gasteiger partial charge >= 0.3 is 0 Å². The molecule has 0 amide bonds. The van der Waals surface area contributed by atoms with Crippen LogP contribution in [-0.4, -0.2) is 44.4 Å². The summed E-state index contributed by atoms with van der Waals surface area (Å²) < 4.78 is 11.2. The van der Waals surface area contributed by atoms with Crippen molar-refractivity contribution in [1.82, 2.24) is 0 Å². The Morgan fingerprint density at radius 3 is 2.35 bits per heavy atom. The van der Waals surface area contributed by atoms with Crippen LogP contribution in [0.3, 0.4) is 0 Å². The molecule has 0 fully saturated rings. The molecule has 1 heterocycles. The zero-order chi connectivity index (χ0) is 24.3. The van der Waals surface area contributed by atoms with Crippen LogP contribution in [0.15, 0.2) is 51.7 Å². The predicted octanol–water partition coefficient (Wildman–Crippen LogP) is 3.22. The Morgan fingerprint density at radius 2 is 1.65 bits per heavy atom. The molecule has 0 radical (unpaired) electrons. The fourth-order valence-electron chi connectivity index (χ4n) is 4.76. The third-order valence-electron chi connectivity index (χ3n) is 6.25. The normalized spacial score (nSPS) is 16.8. The molecule has 1 aliphatic carbocycles. The number of phenols is 5. The fourth-order valence-corrected chi connectivity index (χ4v) is 4.76. The van der Waals surface area contributed by atoms with E-state index in [-0.39, 0.29) is 45.1 Å². The molecular weight excluding hydrogens is 444 g/mol. The lowest BCUT2D eigenvalue weighted by atomic mass is 9.70. The van der Waals surface area contributed by atoms with Crippen molar-refractivity contribution in [3.05, 3.63) is 69.4 Å². The number of rotatable bonds is 3. The number of hydrogen-bond donors (Lipinski definition) is 6. The first kappa shape index (κ1) is 21.5. The molecule has 0 aliphatic heterocycles. The van der Waals surface area contributed by atoms with Crippen LogP contribution in [0.2, 0.25) is 0 Å². The second-order valence-electron chi connectivity index (χ2n) is 8.14. The monoisotopic (exact) mass is 464 g/mol. The van der Waals surface area contributed by atoms with Crippen LogP contribution in [0, 0.1) is 0 Å². The van der Waals surface area contributed by atoms with E-state index in [0.29, 0.717) is 11.1 Å². The second kappa shape index (κ2) is 7.60. The second-order valence-corrected chi connectivity index (χ2v) is 8.14. The number of hydrogen-bond acceptors (Lipinski definition) is 9. The third-order valence-corrected chi connectivity index (χ3v) is 6.25. The van der Waals surface area contributed by atoms with Crippen molar-refractivity contribution in [1.29, 1.82) is 0 Å². The summed E-state index contributed by atoms with van der Waals surface area (Å²) in [5.41, 5.74) is 0.657. The Balaban J connectivity index is 1.90. The number of ether oxygens (including phenoxy) is 1. The van der Waals surface area contributed by atoms with Gasteiger partial charge in [-0.25, -0.2) is 0 Å². The van der Waals surface area contributed by atoms with Gasteiger partial charge in [0.2, 0.25) is 5.43 Å². The van der Waals surface area contributed by atoms with Crippen LogP contribution in [0.25, 0.3) is 22.3 Å². The summed E-state index contributed by atoms with van der Waals surface area (Å²) in [7, 11) is 1.38. The number of phenolic OH excluding ortho intramolecular Hbond substituents is 5. The van der Waals surface area contributed by atoms with Gasteiger partial charge in [0.15, 0.2) is 23.0 Å². The summed E-state index contributed by atoms with van der Waals surface area (Å²) in [6.07, 6.45) is 0. The van der Waals surface area contributed by atoms with Gasteiger partial charge in [-0.2, -0.15) is 0 Å². The van der Waals surface area contributed by atoms with Crippen molar-refractivity contribution in [2.45, 2.75) is 11.8 Å². The largest absolute Gasteiger partial charge is 0.508 e. The maximum absolute atomic E-state index is 13.6. The molecule has 2 atom stereocenters. The molecule has 1 aliphatic rings. The van der Waals surface area contributed by atoms with Crippen molar-refractivity contribution >= 4 is 11.0 Å². The molecule has 1 aromatic heterocycles. The first-order valence-electron chi connectivity index (χ1n) is 10.3. The SMILES string of the molecule is COc1cc([C@@H]2c3cc(O)c(O)cc3-c3oc4cc(O)cc(O)c4c(=O)c3[C@@H]2CO)ccc1O. The van der Waals surface area contributed by atoms with Crippen LogP contribution in [-0.2, 0) is 0 Å². The van der Waals surface area contributed by atoms with Gasteiger partial charge in [-0.1, -0.05) is 6.07 Å². The van der Waals surface area contributed by atoms with Crippen LogP contribution in [0.4, 0.5) is 0 Å². The van der Waals surface area contributed by atoms with E-state index in [9.17, 15) is 35.4 Å². The molecule has 6 N–H and O–H groups in total. The van der Waals surface area contributed by atoms with Gasteiger partial charge in [0.1, 0.15) is 28.2 Å². The Hall–Kier alpha value is -4.37. The van der Waals surface area contributed by atoms with Gasteiger partial charge in [0.05, 0.1) is 13.7 Å². The van der Waals surface area contributed by atoms with Gasteiger partial charge in [-0.15, -0.1) is 0 Å². The average Bonchev–Trinajstić information content (AvgIpc) is 2.79. The summed E-state index contributed by atoms with van der Waals surface area (Å²) in [4.78, 5) is 13.6. The van der Waals surface area contributed by atoms with Gasteiger partial charge in [-0.3, -0.25) is 4.79 Å². The third kappa shape index (κ3) is 3.01. The molecule has 0 unspecified atom stereocenters.